The van der Waals surface area contributed by atoms with Gasteiger partial charge >= 0.3 is 39.2 Å². The Hall–Kier alpha value is -3.54. The van der Waals surface area contributed by atoms with Crippen LogP contribution in [0.2, 0.25) is 0 Å². The van der Waals surface area contributed by atoms with Crippen LogP contribution in [0, 0.1) is 5.92 Å². The molecule has 22 nitrogen and oxygen atoms in total. The summed E-state index contributed by atoms with van der Waals surface area (Å²) in [4.78, 5) is 74.0. The largest absolute Gasteiger partial charge is 0.481 e. The van der Waals surface area contributed by atoms with Crippen LogP contribution in [0.5, 0.6) is 0 Å². The maximum absolute atomic E-state index is 13.4. The van der Waals surface area contributed by atoms with Crippen molar-refractivity contribution in [1.82, 2.24) is 9.55 Å². The zero-order chi connectivity index (χ0) is 56.4. The van der Waals surface area contributed by atoms with Gasteiger partial charge in [-0.15, -0.1) is 11.8 Å². The molecular formula is C51H86N4O18P2S. The highest BCUT2D eigenvalue weighted by atomic mass is 32.2. The number of nitrogen functional groups attached to an aromatic ring is 1. The van der Waals surface area contributed by atoms with Crippen molar-refractivity contribution in [2.75, 3.05) is 31.3 Å². The maximum atomic E-state index is 13.4. The average Bonchev–Trinajstić information content (AvgIpc) is 3.63. The van der Waals surface area contributed by atoms with Gasteiger partial charge in [0.25, 0.3) is 0 Å². The zero-order valence-electron chi connectivity index (χ0n) is 44.4. The minimum atomic E-state index is -5.58. The number of anilines is 1. The topological polar surface area (TPSA) is 349 Å². The number of thioether (sulfide) groups is 1. The minimum absolute atomic E-state index is 0.0245. The maximum Gasteiger partial charge on any atom is 0.481 e. The molecule has 25 heteroatoms. The fraction of sp³-hybridized carbons (Fsp3) is 0.706. The van der Waals surface area contributed by atoms with Crippen molar-refractivity contribution in [2.24, 2.45) is 11.7 Å². The summed E-state index contributed by atoms with van der Waals surface area (Å²) in [6.45, 7) is 3.89. The number of carbonyl (C=O) groups is 3. The summed E-state index contributed by atoms with van der Waals surface area (Å²) in [6, 6.07) is -0.160. The van der Waals surface area contributed by atoms with E-state index in [1.807, 2.05) is 18.2 Å². The zero-order valence-corrected chi connectivity index (χ0v) is 47.0. The Labute approximate surface area is 451 Å². The lowest BCUT2D eigenvalue weighted by Crippen LogP contribution is -2.40. The second-order valence-electron chi connectivity index (χ2n) is 19.1. The van der Waals surface area contributed by atoms with Crippen molar-refractivity contribution in [3.8, 4) is 0 Å². The molecule has 1 aromatic heterocycles. The number of ether oxygens (including phenoxy) is 3. The van der Waals surface area contributed by atoms with Gasteiger partial charge in [0.15, 0.2) is 12.3 Å². The lowest BCUT2D eigenvalue weighted by Gasteiger charge is -2.23. The Balaban J connectivity index is 2.07. The third-order valence-electron chi connectivity index (χ3n) is 11.8. The highest BCUT2D eigenvalue weighted by molar-refractivity contribution is 8.00. The van der Waals surface area contributed by atoms with E-state index < -0.39 is 107 Å². The second-order valence-corrected chi connectivity index (χ2v) is 23.3. The summed E-state index contributed by atoms with van der Waals surface area (Å²) in [5.74, 6) is -2.30. The molecule has 10 N–H and O–H groups in total. The van der Waals surface area contributed by atoms with Crippen molar-refractivity contribution in [3.63, 3.8) is 0 Å². The Morgan fingerprint density at radius 2 is 1.50 bits per heavy atom. The summed E-state index contributed by atoms with van der Waals surface area (Å²) in [5.41, 5.74) is 10.8. The molecule has 2 unspecified atom stereocenters. The quantitative estimate of drug-likeness (QED) is 0.0102. The van der Waals surface area contributed by atoms with Gasteiger partial charge in [0, 0.05) is 30.0 Å². The fourth-order valence-corrected chi connectivity index (χ4v) is 10.8. The predicted molar refractivity (Wildman–Crippen MR) is 290 cm³/mol. The second kappa shape index (κ2) is 38.9. The first-order valence-corrected chi connectivity index (χ1v) is 30.5. The molecular weight excluding hydrogens is 1050 g/mol. The molecule has 0 saturated carbocycles. The van der Waals surface area contributed by atoms with Crippen LogP contribution in [0.15, 0.2) is 65.7 Å². The van der Waals surface area contributed by atoms with Crippen molar-refractivity contribution >= 4 is 51.1 Å². The van der Waals surface area contributed by atoms with Crippen LogP contribution in [0.25, 0.3) is 0 Å². The molecule has 2 heterocycles. The first-order valence-electron chi connectivity index (χ1n) is 26.4. The monoisotopic (exact) mass is 1140 g/mol. The number of nitrogens with two attached hydrogens (primary N) is 2. The molecule has 2 rings (SSSR count). The average molecular weight is 1140 g/mol. The van der Waals surface area contributed by atoms with Crippen molar-refractivity contribution in [3.05, 3.63) is 71.4 Å². The minimum Gasteiger partial charge on any atom is -0.481 e. The number of aromatic nitrogens is 2. The number of carboxylic acids is 1. The lowest BCUT2D eigenvalue weighted by atomic mass is 10.0. The van der Waals surface area contributed by atoms with Crippen molar-refractivity contribution in [2.45, 2.75) is 197 Å². The number of hydrogen-bond acceptors (Lipinski definition) is 19. The molecule has 1 fully saturated rings. The smallest absolute Gasteiger partial charge is 0.481 e. The van der Waals surface area contributed by atoms with Gasteiger partial charge in [-0.1, -0.05) is 146 Å². The van der Waals surface area contributed by atoms with E-state index in [1.54, 1.807) is 18.2 Å². The van der Waals surface area contributed by atoms with Gasteiger partial charge < -0.3 is 55.9 Å². The van der Waals surface area contributed by atoms with E-state index in [9.17, 15) is 53.4 Å². The van der Waals surface area contributed by atoms with Gasteiger partial charge in [0.2, 0.25) is 0 Å². The standard InChI is InChI=1S/C51H86N4O18P2S/c1-4-5-6-7-8-9-10-11-15-18-21-24-29-43(41(56)28-26-30-45(57)58)76-37-40(52)50(62)71-39(34-68-46(59)31-25-22-19-16-13-12-14-17-20-23-27-38(2)3)35-69-74(64,65)73-75(66,67)70-36-42-47(60)48(61)49(72-42)55-33-32-44(53)54-51(55)63/h8-9,11,15,18,21,24,29,32-33,38-43,47-49,56,60-61H,4-7,10,12-14,16-17,19-20,22-23,25-28,30-31,34-37,52H2,1-3H3,(H,57,58)(H,64,65)(H,66,67)(H2,53,54,63)/b9-8-,15-11-,21-18+,29-24+/t39-,40+,41+,42-,43-,47-,48-,49-/m1/s1. The number of carbonyl (C=O) groups excluding carboxylic acids is 2. The molecule has 1 aliphatic heterocycles. The number of unbranched alkanes of at least 4 members (excludes halogenated alkanes) is 12. The molecule has 1 aromatic rings. The Bertz CT molecular complexity index is 2110. The molecule has 434 valence electrons. The number of nitrogens with zero attached hydrogens (tertiary/aromatic N) is 2. The van der Waals surface area contributed by atoms with Gasteiger partial charge in [-0.3, -0.25) is 28.0 Å². The summed E-state index contributed by atoms with van der Waals surface area (Å²) in [6.07, 6.45) is 24.1. The number of aliphatic hydroxyl groups is 3. The highest BCUT2D eigenvalue weighted by Gasteiger charge is 2.46. The Morgan fingerprint density at radius 3 is 2.16 bits per heavy atom. The first-order chi connectivity index (χ1) is 36.1. The van der Waals surface area contributed by atoms with Gasteiger partial charge in [-0.05, 0) is 50.5 Å². The third kappa shape index (κ3) is 31.2. The van der Waals surface area contributed by atoms with E-state index in [0.29, 0.717) is 6.42 Å². The number of phosphoric acid groups is 2. The predicted octanol–water partition coefficient (Wildman–Crippen LogP) is 7.73. The van der Waals surface area contributed by atoms with Crippen LogP contribution in [0.1, 0.15) is 155 Å². The van der Waals surface area contributed by atoms with Crippen molar-refractivity contribution in [1.29, 1.82) is 0 Å². The van der Waals surface area contributed by atoms with Gasteiger partial charge in [-0.25, -0.2) is 13.9 Å². The molecule has 1 saturated heterocycles. The van der Waals surface area contributed by atoms with Crippen LogP contribution in [-0.4, -0.2) is 125 Å². The third-order valence-corrected chi connectivity index (χ3v) is 15.9. The molecule has 1 aliphatic rings. The van der Waals surface area contributed by atoms with E-state index in [2.05, 4.69) is 42.2 Å². The molecule has 0 radical (unpaired) electrons. The highest BCUT2D eigenvalue weighted by Crippen LogP contribution is 2.60. The Kier molecular flexibility index (Phi) is 35.1. The van der Waals surface area contributed by atoms with Crippen molar-refractivity contribution < 1.29 is 81.3 Å². The molecule has 10 atom stereocenters. The molecule has 76 heavy (non-hydrogen) atoms. The van der Waals surface area contributed by atoms with Gasteiger partial charge in [0.1, 0.15) is 36.8 Å². The number of esters is 2. The number of allylic oxidation sites excluding steroid dienone is 7. The summed E-state index contributed by atoms with van der Waals surface area (Å²) >= 11 is 1.09. The van der Waals surface area contributed by atoms with Crippen LogP contribution < -0.4 is 17.2 Å². The molecule has 0 aromatic carbocycles. The van der Waals surface area contributed by atoms with Gasteiger partial charge in [-0.2, -0.15) is 9.29 Å². The van der Waals surface area contributed by atoms with Crippen LogP contribution in [0.4, 0.5) is 5.82 Å². The number of rotatable bonds is 43. The van der Waals surface area contributed by atoms with E-state index >= 15 is 0 Å². The summed E-state index contributed by atoms with van der Waals surface area (Å²) in [5, 5.41) is 40.5. The van der Waals surface area contributed by atoms with Crippen LogP contribution >= 0.6 is 27.4 Å². The van der Waals surface area contributed by atoms with Crippen LogP contribution in [-0.2, 0) is 51.1 Å². The number of aliphatic carboxylic acids is 1. The van der Waals surface area contributed by atoms with E-state index in [4.69, 9.17) is 39.8 Å². The number of hydrogen-bond donors (Lipinski definition) is 8. The van der Waals surface area contributed by atoms with E-state index in [-0.39, 0.29) is 37.3 Å². The Morgan fingerprint density at radius 1 is 0.842 bits per heavy atom. The number of aliphatic hydroxyl groups excluding tert-OH is 3. The SMILES string of the molecule is CCCCC/C=C\C\C=C/C=C/C=C/[C@@H](SC[C@H](N)C(=O)O[C@H](COC(=O)CCCCCCCCCCCCC(C)C)COP(=O)(O)OP(=O)(O)OC[C@H]1O[C@@H](n2ccc(N)nc2=O)[C@H](O)[C@@H]1O)[C@@H](O)CCCC(=O)O. The summed E-state index contributed by atoms with van der Waals surface area (Å²) < 4.78 is 57.0. The number of phosphoric ester groups is 2. The fourth-order valence-electron chi connectivity index (χ4n) is 7.57. The van der Waals surface area contributed by atoms with Crippen LogP contribution in [0.3, 0.4) is 0 Å². The summed E-state index contributed by atoms with van der Waals surface area (Å²) in [7, 11) is -11.1. The van der Waals surface area contributed by atoms with E-state index in [0.717, 1.165) is 86.2 Å². The first kappa shape index (κ1) is 68.6. The lowest BCUT2D eigenvalue weighted by molar-refractivity contribution is -0.161. The molecule has 0 amide bonds. The van der Waals surface area contributed by atoms with Gasteiger partial charge in [0.05, 0.1) is 19.3 Å². The molecule has 0 spiro atoms. The molecule has 0 aliphatic carbocycles. The normalized spacial score (nSPS) is 20.3. The number of carboxylic acid groups (broad SMARTS) is 1. The van der Waals surface area contributed by atoms with E-state index in [1.165, 1.54) is 44.6 Å². The molecule has 0 bridgehead atoms.